The van der Waals surface area contributed by atoms with Crippen LogP contribution in [-0.2, 0) is 6.54 Å². The Morgan fingerprint density at radius 1 is 1.23 bits per heavy atom. The first-order valence-corrected chi connectivity index (χ1v) is 4.81. The summed E-state index contributed by atoms with van der Waals surface area (Å²) in [6.45, 7) is 5.03. The molecule has 1 aromatic rings. The number of nitrogens with one attached hydrogen (secondary N) is 1. The van der Waals surface area contributed by atoms with Gasteiger partial charge in [-0.2, -0.15) is 0 Å². The van der Waals surface area contributed by atoms with Crippen molar-refractivity contribution < 1.29 is 0 Å². The predicted molar refractivity (Wildman–Crippen MR) is 54.3 cm³/mol. The fourth-order valence-electron chi connectivity index (χ4n) is 2.08. The summed E-state index contributed by atoms with van der Waals surface area (Å²) in [5, 5.41) is 3.49. The molecule has 1 aliphatic rings. The van der Waals surface area contributed by atoms with Crippen molar-refractivity contribution in [1.82, 2.24) is 5.32 Å². The van der Waals surface area contributed by atoms with Crippen LogP contribution in [0.2, 0.25) is 0 Å². The summed E-state index contributed by atoms with van der Waals surface area (Å²) in [4.78, 5) is 0. The van der Waals surface area contributed by atoms with E-state index in [0.717, 1.165) is 0 Å². The van der Waals surface area contributed by atoms with E-state index in [1.54, 1.807) is 0 Å². The molecule has 0 spiro atoms. The van der Waals surface area contributed by atoms with Crippen molar-refractivity contribution in [3.05, 3.63) is 34.9 Å². The van der Waals surface area contributed by atoms with Crippen LogP contribution >= 0.6 is 0 Å². The minimum atomic E-state index is 0.469. The van der Waals surface area contributed by atoms with Gasteiger partial charge in [0, 0.05) is 18.6 Å². The molecule has 2 rings (SSSR count). The van der Waals surface area contributed by atoms with Gasteiger partial charge in [0.25, 0.3) is 0 Å². The third-order valence-corrected chi connectivity index (χ3v) is 2.82. The highest BCUT2D eigenvalue weighted by molar-refractivity contribution is 5.39. The fraction of sp³-hybridized carbons (Fsp3) is 0.455. The van der Waals surface area contributed by atoms with Gasteiger partial charge in [-0.25, -0.2) is 0 Å². The molecule has 0 amide bonds. The third-order valence-electron chi connectivity index (χ3n) is 2.82. The van der Waals surface area contributed by atoms with E-state index in [9.17, 15) is 0 Å². The average Bonchev–Trinajstić information content (AvgIpc) is 2.42. The average molecular weight is 176 g/mol. The molecule has 0 aromatic heterocycles. The number of benzene rings is 1. The van der Waals surface area contributed by atoms with Gasteiger partial charge in [0.2, 0.25) is 0 Å². The van der Waals surface area contributed by atoms with Crippen LogP contribution in [0.5, 0.6) is 0 Å². The molecule has 0 saturated heterocycles. The van der Waals surface area contributed by atoms with Crippen molar-refractivity contribution in [3.8, 4) is 0 Å². The summed E-state index contributed by atoms with van der Waals surface area (Å²) >= 11 is 0. The molecular formula is C11H16N2. The van der Waals surface area contributed by atoms with Gasteiger partial charge in [0.1, 0.15) is 0 Å². The number of hydrogen-bond acceptors (Lipinski definition) is 2. The molecule has 0 fully saturated rings. The lowest BCUT2D eigenvalue weighted by molar-refractivity contribution is 0.553. The zero-order valence-electron chi connectivity index (χ0n) is 8.17. The molecule has 3 N–H and O–H groups in total. The molecule has 13 heavy (non-hydrogen) atoms. The van der Waals surface area contributed by atoms with Gasteiger partial charge in [0.15, 0.2) is 0 Å². The van der Waals surface area contributed by atoms with E-state index in [-0.39, 0.29) is 0 Å². The van der Waals surface area contributed by atoms with E-state index >= 15 is 0 Å². The highest BCUT2D eigenvalue weighted by Crippen LogP contribution is 2.32. The lowest BCUT2D eigenvalue weighted by Crippen LogP contribution is -2.11. The number of hydrogen-bond donors (Lipinski definition) is 2. The third kappa shape index (κ3) is 1.36. The van der Waals surface area contributed by atoms with Gasteiger partial charge >= 0.3 is 0 Å². The largest absolute Gasteiger partial charge is 0.326 e. The standard InChI is InChI=1S/C11H16N2/c1-7-10-4-3-9(6-12)5-11(10)8(2)13-7/h3-5,7-8,13H,6,12H2,1-2H3. The molecule has 0 aliphatic carbocycles. The van der Waals surface area contributed by atoms with Crippen LogP contribution in [0.25, 0.3) is 0 Å². The van der Waals surface area contributed by atoms with Crippen molar-refractivity contribution in [2.75, 3.05) is 0 Å². The Hall–Kier alpha value is -0.860. The Balaban J connectivity index is 2.46. The Morgan fingerprint density at radius 2 is 1.92 bits per heavy atom. The fourth-order valence-corrected chi connectivity index (χ4v) is 2.08. The molecule has 2 atom stereocenters. The normalized spacial score (nSPS) is 26.1. The maximum atomic E-state index is 5.60. The van der Waals surface area contributed by atoms with Crippen LogP contribution in [-0.4, -0.2) is 0 Å². The lowest BCUT2D eigenvalue weighted by Gasteiger charge is -2.05. The smallest absolute Gasteiger partial charge is 0.0300 e. The van der Waals surface area contributed by atoms with Crippen LogP contribution in [0, 0.1) is 0 Å². The number of nitrogens with two attached hydrogens (primary N) is 1. The van der Waals surface area contributed by atoms with E-state index in [2.05, 4.69) is 37.4 Å². The molecule has 0 radical (unpaired) electrons. The molecule has 70 valence electrons. The molecule has 1 aliphatic heterocycles. The molecule has 0 saturated carbocycles. The monoisotopic (exact) mass is 176 g/mol. The highest BCUT2D eigenvalue weighted by atomic mass is 15.0. The summed E-state index contributed by atoms with van der Waals surface area (Å²) in [7, 11) is 0. The van der Waals surface area contributed by atoms with E-state index in [1.807, 2.05) is 0 Å². The summed E-state index contributed by atoms with van der Waals surface area (Å²) in [5.41, 5.74) is 9.66. The molecule has 2 unspecified atom stereocenters. The Bertz CT molecular complexity index is 320. The van der Waals surface area contributed by atoms with Gasteiger partial charge in [-0.15, -0.1) is 0 Å². The first-order chi connectivity index (χ1) is 6.22. The van der Waals surface area contributed by atoms with Crippen molar-refractivity contribution >= 4 is 0 Å². The molecule has 0 bridgehead atoms. The van der Waals surface area contributed by atoms with Crippen LogP contribution in [0.4, 0.5) is 0 Å². The lowest BCUT2D eigenvalue weighted by atomic mass is 10.0. The van der Waals surface area contributed by atoms with E-state index < -0.39 is 0 Å². The van der Waals surface area contributed by atoms with Crippen molar-refractivity contribution in [1.29, 1.82) is 0 Å². The van der Waals surface area contributed by atoms with Gasteiger partial charge in [-0.3, -0.25) is 0 Å². The second-order valence-corrected chi connectivity index (χ2v) is 3.78. The SMILES string of the molecule is CC1NC(C)c2cc(CN)ccc21. The Morgan fingerprint density at radius 3 is 2.62 bits per heavy atom. The summed E-state index contributed by atoms with van der Waals surface area (Å²) in [5.74, 6) is 0. The summed E-state index contributed by atoms with van der Waals surface area (Å²) < 4.78 is 0. The second kappa shape index (κ2) is 3.13. The molecule has 2 heteroatoms. The van der Waals surface area contributed by atoms with Gasteiger partial charge < -0.3 is 11.1 Å². The zero-order valence-corrected chi connectivity index (χ0v) is 8.17. The van der Waals surface area contributed by atoms with Crippen molar-refractivity contribution in [2.24, 2.45) is 5.73 Å². The first kappa shape index (κ1) is 8.73. The topological polar surface area (TPSA) is 38.0 Å². The van der Waals surface area contributed by atoms with E-state index in [4.69, 9.17) is 5.73 Å². The molecule has 1 heterocycles. The first-order valence-electron chi connectivity index (χ1n) is 4.81. The number of fused-ring (bicyclic) bond motifs is 1. The van der Waals surface area contributed by atoms with Crippen molar-refractivity contribution in [3.63, 3.8) is 0 Å². The molecular weight excluding hydrogens is 160 g/mol. The summed E-state index contributed by atoms with van der Waals surface area (Å²) in [6, 6.07) is 7.48. The quantitative estimate of drug-likeness (QED) is 0.685. The zero-order chi connectivity index (χ0) is 9.42. The van der Waals surface area contributed by atoms with Gasteiger partial charge in [-0.05, 0) is 30.5 Å². The summed E-state index contributed by atoms with van der Waals surface area (Å²) in [6.07, 6.45) is 0. The Labute approximate surface area is 79.1 Å². The van der Waals surface area contributed by atoms with Gasteiger partial charge in [0.05, 0.1) is 0 Å². The van der Waals surface area contributed by atoms with E-state index in [0.29, 0.717) is 18.6 Å². The minimum Gasteiger partial charge on any atom is -0.326 e. The van der Waals surface area contributed by atoms with Crippen LogP contribution in [0.15, 0.2) is 18.2 Å². The minimum absolute atomic E-state index is 0.469. The second-order valence-electron chi connectivity index (χ2n) is 3.78. The Kier molecular flexibility index (Phi) is 2.10. The van der Waals surface area contributed by atoms with E-state index in [1.165, 1.54) is 16.7 Å². The van der Waals surface area contributed by atoms with Crippen LogP contribution in [0.3, 0.4) is 0 Å². The maximum Gasteiger partial charge on any atom is 0.0300 e. The molecule has 1 aromatic carbocycles. The van der Waals surface area contributed by atoms with Crippen molar-refractivity contribution in [2.45, 2.75) is 32.5 Å². The van der Waals surface area contributed by atoms with Gasteiger partial charge in [-0.1, -0.05) is 18.2 Å². The highest BCUT2D eigenvalue weighted by Gasteiger charge is 2.23. The maximum absolute atomic E-state index is 5.60. The molecule has 2 nitrogen and oxygen atoms in total. The number of rotatable bonds is 1. The van der Waals surface area contributed by atoms with Crippen LogP contribution < -0.4 is 11.1 Å². The van der Waals surface area contributed by atoms with Crippen LogP contribution in [0.1, 0.15) is 42.6 Å². The predicted octanol–water partition coefficient (Wildman–Crippen LogP) is 1.87.